The number of nitrogens with two attached hydrogens (primary N) is 1. The van der Waals surface area contributed by atoms with Crippen molar-refractivity contribution in [3.8, 4) is 0 Å². The molecule has 2 rings (SSSR count). The van der Waals surface area contributed by atoms with Crippen molar-refractivity contribution < 1.29 is 29.6 Å². The lowest BCUT2D eigenvalue weighted by molar-refractivity contribution is -0.285. The number of hydrogen-bond acceptors (Lipinski definition) is 6. The number of primary amides is 1. The highest BCUT2D eigenvalue weighted by Crippen LogP contribution is 2.23. The molecule has 0 bridgehead atoms. The van der Waals surface area contributed by atoms with Gasteiger partial charge in [-0.15, -0.1) is 0 Å². The molecule has 1 aliphatic rings. The van der Waals surface area contributed by atoms with Crippen molar-refractivity contribution in [2.75, 3.05) is 0 Å². The summed E-state index contributed by atoms with van der Waals surface area (Å²) in [4.78, 5) is 11.1. The Bertz CT molecular complexity index is 453. The van der Waals surface area contributed by atoms with E-state index in [1.165, 1.54) is 0 Å². The van der Waals surface area contributed by atoms with E-state index < -0.39 is 36.6 Å². The second-order valence-electron chi connectivity index (χ2n) is 4.59. The van der Waals surface area contributed by atoms with Crippen LogP contribution in [-0.2, 0) is 20.9 Å². The summed E-state index contributed by atoms with van der Waals surface area (Å²) in [5, 5.41) is 29.2. The van der Waals surface area contributed by atoms with Gasteiger partial charge < -0.3 is 30.5 Å². The van der Waals surface area contributed by atoms with Gasteiger partial charge in [0, 0.05) is 0 Å². The van der Waals surface area contributed by atoms with Gasteiger partial charge in [-0.25, -0.2) is 0 Å². The Hall–Kier alpha value is -1.51. The average molecular weight is 283 g/mol. The molecule has 20 heavy (non-hydrogen) atoms. The second-order valence-corrected chi connectivity index (χ2v) is 4.59. The van der Waals surface area contributed by atoms with Crippen molar-refractivity contribution in [1.29, 1.82) is 0 Å². The molecular weight excluding hydrogens is 266 g/mol. The van der Waals surface area contributed by atoms with Crippen LogP contribution in [-0.4, -0.2) is 51.9 Å². The molecule has 0 radical (unpaired) electrons. The summed E-state index contributed by atoms with van der Waals surface area (Å²) in [6, 6.07) is 9.09. The van der Waals surface area contributed by atoms with E-state index in [4.69, 9.17) is 15.2 Å². The molecule has 3 unspecified atom stereocenters. The van der Waals surface area contributed by atoms with Crippen LogP contribution >= 0.6 is 0 Å². The maximum Gasteiger partial charge on any atom is 0.249 e. The minimum atomic E-state index is -1.64. The third-order valence-electron chi connectivity index (χ3n) is 3.13. The SMILES string of the molecule is NC(=O)C1OC(O)C(O)[C@H](OCc2ccccc2)[C@@H]1O. The largest absolute Gasteiger partial charge is 0.387 e. The smallest absolute Gasteiger partial charge is 0.249 e. The number of rotatable bonds is 4. The molecular formula is C13H17NO6. The van der Waals surface area contributed by atoms with Gasteiger partial charge in [0.15, 0.2) is 12.4 Å². The van der Waals surface area contributed by atoms with E-state index >= 15 is 0 Å². The number of aliphatic hydroxyl groups excluding tert-OH is 3. The number of aliphatic hydroxyl groups is 3. The number of ether oxygens (including phenoxy) is 2. The number of amides is 1. The minimum absolute atomic E-state index is 0.109. The summed E-state index contributed by atoms with van der Waals surface area (Å²) in [7, 11) is 0. The molecule has 5 N–H and O–H groups in total. The summed E-state index contributed by atoms with van der Waals surface area (Å²) < 4.78 is 10.2. The highest BCUT2D eigenvalue weighted by molar-refractivity contribution is 5.79. The van der Waals surface area contributed by atoms with Gasteiger partial charge in [0.1, 0.15) is 18.3 Å². The van der Waals surface area contributed by atoms with Crippen molar-refractivity contribution in [3.63, 3.8) is 0 Å². The Morgan fingerprint density at radius 1 is 1.20 bits per heavy atom. The number of carbonyl (C=O) groups excluding carboxylic acids is 1. The van der Waals surface area contributed by atoms with Gasteiger partial charge in [-0.1, -0.05) is 30.3 Å². The summed E-state index contributed by atoms with van der Waals surface area (Å²) in [5.41, 5.74) is 5.89. The summed E-state index contributed by atoms with van der Waals surface area (Å²) in [5.74, 6) is -0.934. The van der Waals surface area contributed by atoms with Crippen LogP contribution in [0.25, 0.3) is 0 Å². The lowest BCUT2D eigenvalue weighted by atomic mass is 9.98. The monoisotopic (exact) mass is 283 g/mol. The van der Waals surface area contributed by atoms with Crippen molar-refractivity contribution in [1.82, 2.24) is 0 Å². The molecule has 7 nitrogen and oxygen atoms in total. The first-order chi connectivity index (χ1) is 9.50. The number of hydrogen-bond donors (Lipinski definition) is 4. The Morgan fingerprint density at radius 3 is 2.45 bits per heavy atom. The van der Waals surface area contributed by atoms with Gasteiger partial charge in [-0.05, 0) is 5.56 Å². The maximum atomic E-state index is 11.1. The minimum Gasteiger partial charge on any atom is -0.387 e. The van der Waals surface area contributed by atoms with E-state index in [1.54, 1.807) is 12.1 Å². The van der Waals surface area contributed by atoms with Crippen molar-refractivity contribution in [3.05, 3.63) is 35.9 Å². The maximum absolute atomic E-state index is 11.1. The van der Waals surface area contributed by atoms with E-state index in [-0.39, 0.29) is 6.61 Å². The van der Waals surface area contributed by atoms with Crippen LogP contribution in [0.15, 0.2) is 30.3 Å². The number of benzene rings is 1. The molecule has 7 heteroatoms. The van der Waals surface area contributed by atoms with E-state index in [9.17, 15) is 20.1 Å². The first-order valence-electron chi connectivity index (χ1n) is 6.15. The summed E-state index contributed by atoms with van der Waals surface area (Å²) in [6.45, 7) is 0.109. The summed E-state index contributed by atoms with van der Waals surface area (Å²) in [6.07, 6.45) is -7.15. The predicted molar refractivity (Wildman–Crippen MR) is 67.1 cm³/mol. The van der Waals surface area contributed by atoms with Gasteiger partial charge in [0.2, 0.25) is 5.91 Å². The molecule has 1 aromatic carbocycles. The van der Waals surface area contributed by atoms with E-state index in [2.05, 4.69) is 0 Å². The molecule has 0 aliphatic carbocycles. The van der Waals surface area contributed by atoms with Crippen LogP contribution in [0.4, 0.5) is 0 Å². The molecule has 1 aliphatic heterocycles. The van der Waals surface area contributed by atoms with Crippen LogP contribution in [0.5, 0.6) is 0 Å². The zero-order valence-corrected chi connectivity index (χ0v) is 10.6. The van der Waals surface area contributed by atoms with Crippen molar-refractivity contribution in [2.24, 2.45) is 5.73 Å². The van der Waals surface area contributed by atoms with Crippen LogP contribution in [0.1, 0.15) is 5.56 Å². The molecule has 1 fully saturated rings. The van der Waals surface area contributed by atoms with Gasteiger partial charge in [0.25, 0.3) is 0 Å². The highest BCUT2D eigenvalue weighted by atomic mass is 16.6. The molecule has 0 saturated carbocycles. The third-order valence-corrected chi connectivity index (χ3v) is 3.13. The van der Waals surface area contributed by atoms with Gasteiger partial charge in [-0.2, -0.15) is 0 Å². The topological polar surface area (TPSA) is 122 Å². The third kappa shape index (κ3) is 3.14. The Balaban J connectivity index is 2.05. The quantitative estimate of drug-likeness (QED) is 0.533. The Kier molecular flexibility index (Phi) is 4.69. The van der Waals surface area contributed by atoms with Crippen molar-refractivity contribution >= 4 is 5.91 Å². The van der Waals surface area contributed by atoms with E-state index in [1.807, 2.05) is 18.2 Å². The molecule has 1 aromatic rings. The lowest BCUT2D eigenvalue weighted by Gasteiger charge is -2.39. The normalized spacial score (nSPS) is 33.9. The Labute approximate surface area is 115 Å². The highest BCUT2D eigenvalue weighted by Gasteiger charge is 2.46. The lowest BCUT2D eigenvalue weighted by Crippen LogP contribution is -2.61. The zero-order chi connectivity index (χ0) is 14.7. The average Bonchev–Trinajstić information content (AvgIpc) is 2.43. The fourth-order valence-corrected chi connectivity index (χ4v) is 2.05. The van der Waals surface area contributed by atoms with Crippen LogP contribution < -0.4 is 5.73 Å². The van der Waals surface area contributed by atoms with E-state index in [0.29, 0.717) is 0 Å². The van der Waals surface area contributed by atoms with Gasteiger partial charge in [0.05, 0.1) is 6.61 Å². The standard InChI is InChI=1S/C13H17NO6/c14-12(17)11-8(15)10(9(16)13(18)20-11)19-6-7-4-2-1-3-5-7/h1-5,8-11,13,15-16,18H,6H2,(H2,14,17)/t8-,9?,10+,11?,13?/m0/s1. The van der Waals surface area contributed by atoms with Crippen LogP contribution in [0.3, 0.4) is 0 Å². The Morgan fingerprint density at radius 2 is 1.85 bits per heavy atom. The fraction of sp³-hybridized carbons (Fsp3) is 0.462. The second kappa shape index (κ2) is 6.29. The molecule has 110 valence electrons. The molecule has 1 amide bonds. The fourth-order valence-electron chi connectivity index (χ4n) is 2.05. The molecule has 1 saturated heterocycles. The van der Waals surface area contributed by atoms with Gasteiger partial charge in [-0.3, -0.25) is 4.79 Å². The zero-order valence-electron chi connectivity index (χ0n) is 10.6. The first kappa shape index (κ1) is 14.9. The first-order valence-corrected chi connectivity index (χ1v) is 6.15. The molecule has 1 heterocycles. The van der Waals surface area contributed by atoms with Crippen LogP contribution in [0, 0.1) is 0 Å². The molecule has 5 atom stereocenters. The predicted octanol–water partition coefficient (Wildman–Crippen LogP) is -1.50. The van der Waals surface area contributed by atoms with E-state index in [0.717, 1.165) is 5.56 Å². The number of carbonyl (C=O) groups is 1. The van der Waals surface area contributed by atoms with Crippen molar-refractivity contribution in [2.45, 2.75) is 37.3 Å². The summed E-state index contributed by atoms with van der Waals surface area (Å²) >= 11 is 0. The van der Waals surface area contributed by atoms with Gasteiger partial charge >= 0.3 is 0 Å². The molecule has 0 spiro atoms. The van der Waals surface area contributed by atoms with Crippen LogP contribution in [0.2, 0.25) is 0 Å². The molecule has 0 aromatic heterocycles.